The van der Waals surface area contributed by atoms with Crippen LogP contribution < -0.4 is 9.47 Å². The van der Waals surface area contributed by atoms with Crippen molar-refractivity contribution in [3.8, 4) is 11.5 Å². The van der Waals surface area contributed by atoms with Gasteiger partial charge in [0.05, 0.1) is 0 Å². The Morgan fingerprint density at radius 2 is 0.943 bits per heavy atom. The Morgan fingerprint density at radius 1 is 0.585 bits per heavy atom. The lowest BCUT2D eigenvalue weighted by molar-refractivity contribution is -0.156. The second-order valence-corrected chi connectivity index (χ2v) is 17.1. The van der Waals surface area contributed by atoms with E-state index in [1.165, 1.54) is 58.8 Å². The number of carbonyl (C=O) groups excluding carboxylic acids is 4. The van der Waals surface area contributed by atoms with E-state index in [9.17, 15) is 28.8 Å². The van der Waals surface area contributed by atoms with Crippen LogP contribution in [0.4, 0.5) is 0 Å². The predicted octanol–water partition coefficient (Wildman–Crippen LogP) is 4.40. The number of hydrogen-bond acceptors (Lipinski definition) is 17. The number of thioether (sulfide) groups is 4. The number of carbonyl (C=O) groups is 6. The molecule has 0 saturated carbocycles. The predicted molar refractivity (Wildman–Crippen MR) is 201 cm³/mol. The summed E-state index contributed by atoms with van der Waals surface area (Å²) in [6.45, 7) is -0.837. The minimum Gasteiger partial charge on any atom is -0.490 e. The molecule has 2 aliphatic heterocycles. The van der Waals surface area contributed by atoms with Gasteiger partial charge in [0, 0.05) is 57.1 Å². The first kappa shape index (κ1) is 41.8. The molecule has 0 aliphatic carbocycles. The van der Waals surface area contributed by atoms with E-state index in [-0.39, 0.29) is 35.6 Å². The molecule has 2 aliphatic rings. The standard InChI is InChI=1S/C34H34O14S5/c35-27(36)9-11-29(39)47-23(19-45-31(41)33-49-13-14-50-33)17-43-21-1-5-25(6-2-21)53-26-7-3-22(4-8-26)44-18-24(48-30(40)12-10-28(37)38)20-46-32(42)34-51-15-16-52-34/h1-12,23-24,33-34H,13-20H2,(H,35,36)(H,37,38). The molecule has 2 aromatic rings. The monoisotopic (exact) mass is 826 g/mol. The molecule has 0 spiro atoms. The molecule has 2 unspecified atom stereocenters. The summed E-state index contributed by atoms with van der Waals surface area (Å²) in [5.41, 5.74) is 0. The van der Waals surface area contributed by atoms with Gasteiger partial charge < -0.3 is 38.6 Å². The molecule has 2 heterocycles. The average molecular weight is 827 g/mol. The third-order valence-electron chi connectivity index (χ3n) is 6.50. The van der Waals surface area contributed by atoms with Gasteiger partial charge in [-0.25, -0.2) is 28.8 Å². The van der Waals surface area contributed by atoms with Crippen LogP contribution in [0.3, 0.4) is 0 Å². The van der Waals surface area contributed by atoms with E-state index in [1.807, 2.05) is 24.3 Å². The summed E-state index contributed by atoms with van der Waals surface area (Å²) in [6, 6.07) is 14.1. The minimum atomic E-state index is -1.31. The van der Waals surface area contributed by atoms with Crippen molar-refractivity contribution >= 4 is 94.6 Å². The van der Waals surface area contributed by atoms with Crippen LogP contribution in [-0.2, 0) is 47.7 Å². The van der Waals surface area contributed by atoms with Crippen LogP contribution >= 0.6 is 58.8 Å². The summed E-state index contributed by atoms with van der Waals surface area (Å²) in [6.07, 6.45) is 0.841. The molecule has 2 N–H and O–H groups in total. The van der Waals surface area contributed by atoms with Crippen molar-refractivity contribution in [1.82, 2.24) is 0 Å². The van der Waals surface area contributed by atoms with Gasteiger partial charge in [0.25, 0.3) is 0 Å². The van der Waals surface area contributed by atoms with Crippen molar-refractivity contribution in [3.05, 3.63) is 72.8 Å². The van der Waals surface area contributed by atoms with Crippen molar-refractivity contribution in [1.29, 1.82) is 0 Å². The van der Waals surface area contributed by atoms with Crippen LogP contribution in [0, 0.1) is 0 Å². The largest absolute Gasteiger partial charge is 0.490 e. The summed E-state index contributed by atoms with van der Waals surface area (Å²) in [7, 11) is 0. The highest BCUT2D eigenvalue weighted by Crippen LogP contribution is 2.34. The van der Waals surface area contributed by atoms with Crippen molar-refractivity contribution < 1.29 is 67.4 Å². The number of esters is 4. The Balaban J connectivity index is 1.27. The number of rotatable bonds is 20. The van der Waals surface area contributed by atoms with E-state index in [0.717, 1.165) is 45.0 Å². The van der Waals surface area contributed by atoms with E-state index >= 15 is 0 Å². The molecular formula is C34H34O14S5. The first-order valence-electron chi connectivity index (χ1n) is 15.7. The Kier molecular flexibility index (Phi) is 17.6. The number of carboxylic acids is 2. The number of benzene rings is 2. The zero-order chi connectivity index (χ0) is 38.0. The highest BCUT2D eigenvalue weighted by atomic mass is 32.2. The second-order valence-electron chi connectivity index (χ2n) is 10.5. The smallest absolute Gasteiger partial charge is 0.331 e. The molecule has 0 radical (unpaired) electrons. The normalized spacial score (nSPS) is 15.8. The number of hydrogen-bond donors (Lipinski definition) is 2. The molecule has 14 nitrogen and oxygen atoms in total. The SMILES string of the molecule is O=C(O)C=CC(=O)OC(COC(=O)C1SCCS1)COc1ccc(Sc2ccc(OCC(COC(=O)C3SCCS3)OC(=O)C=CC(=O)O)cc2)cc1. The van der Waals surface area contributed by atoms with Gasteiger partial charge in [0.15, 0.2) is 12.2 Å². The van der Waals surface area contributed by atoms with Gasteiger partial charge in [-0.1, -0.05) is 11.8 Å². The topological polar surface area (TPSA) is 198 Å². The maximum atomic E-state index is 12.3. The molecule has 2 saturated heterocycles. The molecule has 0 aromatic heterocycles. The number of carboxylic acid groups (broad SMARTS) is 2. The average Bonchev–Trinajstić information content (AvgIpc) is 3.89. The van der Waals surface area contributed by atoms with Crippen LogP contribution in [-0.4, -0.2) is 117 Å². The maximum Gasteiger partial charge on any atom is 0.331 e. The Hall–Kier alpha value is -3.91. The maximum absolute atomic E-state index is 12.3. The van der Waals surface area contributed by atoms with Crippen molar-refractivity contribution in [3.63, 3.8) is 0 Å². The highest BCUT2D eigenvalue weighted by molar-refractivity contribution is 8.21. The number of ether oxygens (including phenoxy) is 6. The van der Waals surface area contributed by atoms with E-state index in [2.05, 4.69) is 0 Å². The van der Waals surface area contributed by atoms with Gasteiger partial charge in [-0.15, -0.1) is 47.0 Å². The summed E-state index contributed by atoms with van der Waals surface area (Å²) in [5, 5.41) is 17.6. The lowest BCUT2D eigenvalue weighted by Crippen LogP contribution is -2.31. The fourth-order valence-corrected chi connectivity index (χ4v) is 10.1. The van der Waals surface area contributed by atoms with Crippen molar-refractivity contribution in [2.24, 2.45) is 0 Å². The molecule has 0 amide bonds. The van der Waals surface area contributed by atoms with Crippen LogP contribution in [0.5, 0.6) is 11.5 Å². The highest BCUT2D eigenvalue weighted by Gasteiger charge is 2.28. The van der Waals surface area contributed by atoms with Gasteiger partial charge in [-0.05, 0) is 48.5 Å². The van der Waals surface area contributed by atoms with Crippen molar-refractivity contribution in [2.75, 3.05) is 49.4 Å². The molecule has 284 valence electrons. The second kappa shape index (κ2) is 22.3. The van der Waals surface area contributed by atoms with Gasteiger partial charge in [-0.3, -0.25) is 0 Å². The lowest BCUT2D eigenvalue weighted by Gasteiger charge is -2.19. The number of aliphatic carboxylic acids is 2. The third kappa shape index (κ3) is 15.9. The molecular weight excluding hydrogens is 793 g/mol. The molecule has 2 atom stereocenters. The van der Waals surface area contributed by atoms with Crippen LogP contribution in [0.1, 0.15) is 0 Å². The van der Waals surface area contributed by atoms with Gasteiger partial charge in [0.1, 0.15) is 47.1 Å². The Labute approximate surface area is 325 Å². The molecule has 53 heavy (non-hydrogen) atoms. The van der Waals surface area contributed by atoms with Crippen LogP contribution in [0.25, 0.3) is 0 Å². The quantitative estimate of drug-likeness (QED) is 0.108. The lowest BCUT2D eigenvalue weighted by atomic mass is 10.3. The fourth-order valence-electron chi connectivity index (χ4n) is 4.12. The van der Waals surface area contributed by atoms with E-state index in [0.29, 0.717) is 23.7 Å². The minimum absolute atomic E-state index is 0.154. The zero-order valence-corrected chi connectivity index (χ0v) is 31.8. The van der Waals surface area contributed by atoms with Gasteiger partial charge >= 0.3 is 35.8 Å². The molecule has 0 bridgehead atoms. The first-order chi connectivity index (χ1) is 25.5. The van der Waals surface area contributed by atoms with E-state index in [1.54, 1.807) is 24.3 Å². The molecule has 19 heteroatoms. The molecule has 2 fully saturated rings. The molecule has 4 rings (SSSR count). The third-order valence-corrected chi connectivity index (χ3v) is 13.4. The summed E-state index contributed by atoms with van der Waals surface area (Å²) in [4.78, 5) is 72.2. The van der Waals surface area contributed by atoms with Gasteiger partial charge in [-0.2, -0.15) is 0 Å². The first-order valence-corrected chi connectivity index (χ1v) is 20.7. The summed E-state index contributed by atoms with van der Waals surface area (Å²) < 4.78 is 32.1. The summed E-state index contributed by atoms with van der Waals surface area (Å²) in [5.74, 6) is -1.11. The Bertz CT molecular complexity index is 1500. The van der Waals surface area contributed by atoms with Crippen molar-refractivity contribution in [2.45, 2.75) is 31.2 Å². The van der Waals surface area contributed by atoms with Crippen LogP contribution in [0.15, 0.2) is 82.6 Å². The van der Waals surface area contributed by atoms with Crippen LogP contribution in [0.2, 0.25) is 0 Å². The van der Waals surface area contributed by atoms with Gasteiger partial charge in [0.2, 0.25) is 0 Å². The Morgan fingerprint density at radius 3 is 1.28 bits per heavy atom. The van der Waals surface area contributed by atoms with E-state index < -0.39 is 48.0 Å². The molecule has 2 aromatic carbocycles. The zero-order valence-electron chi connectivity index (χ0n) is 27.7. The fraction of sp³-hybridized carbons (Fsp3) is 0.353. The van der Waals surface area contributed by atoms with E-state index in [4.69, 9.17) is 38.6 Å². The summed E-state index contributed by atoms with van der Waals surface area (Å²) >= 11 is 7.34.